The number of hydrogen-bond acceptors (Lipinski definition) is 2. The van der Waals surface area contributed by atoms with E-state index in [1.165, 1.54) is 0 Å². The van der Waals surface area contributed by atoms with E-state index in [4.69, 9.17) is 0 Å². The lowest BCUT2D eigenvalue weighted by atomic mass is 9.97. The molecule has 1 fully saturated rings. The third-order valence-corrected chi connectivity index (χ3v) is 4.68. The molecule has 1 aliphatic rings. The Morgan fingerprint density at radius 2 is 2.05 bits per heavy atom. The minimum atomic E-state index is -0.107. The average molecular weight is 392 g/mol. The van der Waals surface area contributed by atoms with Gasteiger partial charge in [-0.05, 0) is 41.3 Å². The molecule has 1 aliphatic heterocycles. The van der Waals surface area contributed by atoms with Crippen LogP contribution in [-0.4, -0.2) is 31.1 Å². The monoisotopic (exact) mass is 390 g/mol. The predicted molar refractivity (Wildman–Crippen MR) is 97.2 cm³/mol. The van der Waals surface area contributed by atoms with E-state index in [-0.39, 0.29) is 24.3 Å². The maximum Gasteiger partial charge on any atom is 0.142 e. The molecule has 1 heterocycles. The van der Waals surface area contributed by atoms with Gasteiger partial charge in [0.1, 0.15) is 5.82 Å². The van der Waals surface area contributed by atoms with E-state index < -0.39 is 0 Å². The fraction of sp³-hybridized carbons (Fsp3) is 0.529. The van der Waals surface area contributed by atoms with E-state index in [1.54, 1.807) is 6.07 Å². The molecule has 0 aromatic heterocycles. The van der Waals surface area contributed by atoms with Crippen molar-refractivity contribution in [2.24, 2.45) is 0 Å². The molecular formula is C17H25BrClFN2. The standard InChI is InChI=1S/C17H24BrFN2.ClH/c1-2-3-4-5-9-16(21-12-10-20-11-13-21)14-7-6-8-15(18)17(14)19;/h2,6-8,16,20H,1,3-5,9-13H2;1H/t16-;/m1./s1. The Morgan fingerprint density at radius 1 is 1.32 bits per heavy atom. The van der Waals surface area contributed by atoms with Crippen LogP contribution < -0.4 is 5.32 Å². The van der Waals surface area contributed by atoms with Gasteiger partial charge < -0.3 is 5.32 Å². The summed E-state index contributed by atoms with van der Waals surface area (Å²) in [4.78, 5) is 2.41. The summed E-state index contributed by atoms with van der Waals surface area (Å²) >= 11 is 3.31. The second-order valence-electron chi connectivity index (χ2n) is 5.52. The lowest BCUT2D eigenvalue weighted by molar-refractivity contribution is 0.159. The molecule has 124 valence electrons. The van der Waals surface area contributed by atoms with Crippen LogP contribution in [0.1, 0.15) is 37.3 Å². The second kappa shape index (κ2) is 10.4. The quantitative estimate of drug-likeness (QED) is 0.535. The van der Waals surface area contributed by atoms with Crippen LogP contribution in [0.5, 0.6) is 0 Å². The number of unbranched alkanes of at least 4 members (excludes halogenated alkanes) is 2. The molecule has 0 aliphatic carbocycles. The van der Waals surface area contributed by atoms with E-state index in [1.807, 2.05) is 18.2 Å². The Morgan fingerprint density at radius 3 is 2.73 bits per heavy atom. The fourth-order valence-corrected chi connectivity index (χ4v) is 3.31. The molecule has 1 atom stereocenters. The van der Waals surface area contributed by atoms with Gasteiger partial charge in [-0.3, -0.25) is 4.90 Å². The molecule has 5 heteroatoms. The first-order valence-electron chi connectivity index (χ1n) is 7.73. The third-order valence-electron chi connectivity index (χ3n) is 4.07. The van der Waals surface area contributed by atoms with Crippen LogP contribution in [0.25, 0.3) is 0 Å². The molecular weight excluding hydrogens is 367 g/mol. The molecule has 1 aromatic rings. The van der Waals surface area contributed by atoms with E-state index >= 15 is 0 Å². The minimum absolute atomic E-state index is 0. The van der Waals surface area contributed by atoms with Crippen molar-refractivity contribution >= 4 is 28.3 Å². The summed E-state index contributed by atoms with van der Waals surface area (Å²) in [5, 5.41) is 3.37. The highest BCUT2D eigenvalue weighted by molar-refractivity contribution is 9.10. The Kier molecular flexibility index (Phi) is 9.25. The second-order valence-corrected chi connectivity index (χ2v) is 6.37. The first-order chi connectivity index (χ1) is 10.2. The van der Waals surface area contributed by atoms with Crippen molar-refractivity contribution in [3.63, 3.8) is 0 Å². The van der Waals surface area contributed by atoms with Crippen LogP contribution in [0.2, 0.25) is 0 Å². The average Bonchev–Trinajstić information content (AvgIpc) is 2.52. The zero-order valence-electron chi connectivity index (χ0n) is 12.9. The molecule has 0 saturated carbocycles. The maximum atomic E-state index is 14.5. The topological polar surface area (TPSA) is 15.3 Å². The molecule has 2 nitrogen and oxygen atoms in total. The number of benzene rings is 1. The fourth-order valence-electron chi connectivity index (χ4n) is 2.93. The highest BCUT2D eigenvalue weighted by atomic mass is 79.9. The van der Waals surface area contributed by atoms with Gasteiger partial charge in [-0.1, -0.05) is 24.6 Å². The number of halogens is 3. The van der Waals surface area contributed by atoms with Gasteiger partial charge in [0.2, 0.25) is 0 Å². The lowest BCUT2D eigenvalue weighted by Gasteiger charge is -2.35. The molecule has 0 unspecified atom stereocenters. The predicted octanol–water partition coefficient (Wildman–Crippen LogP) is 4.70. The van der Waals surface area contributed by atoms with E-state index in [0.29, 0.717) is 4.47 Å². The van der Waals surface area contributed by atoms with Gasteiger partial charge in [0.05, 0.1) is 4.47 Å². The van der Waals surface area contributed by atoms with Crippen molar-refractivity contribution in [1.82, 2.24) is 10.2 Å². The smallest absolute Gasteiger partial charge is 0.142 e. The van der Waals surface area contributed by atoms with Crippen molar-refractivity contribution in [2.75, 3.05) is 26.2 Å². The van der Waals surface area contributed by atoms with Crippen LogP contribution in [0, 0.1) is 5.82 Å². The van der Waals surface area contributed by atoms with Gasteiger partial charge in [0, 0.05) is 37.8 Å². The Balaban J connectivity index is 0.00000242. The van der Waals surface area contributed by atoms with Gasteiger partial charge >= 0.3 is 0 Å². The lowest BCUT2D eigenvalue weighted by Crippen LogP contribution is -2.45. The minimum Gasteiger partial charge on any atom is -0.314 e. The van der Waals surface area contributed by atoms with Gasteiger partial charge in [0.15, 0.2) is 0 Å². The van der Waals surface area contributed by atoms with Crippen LogP contribution >= 0.6 is 28.3 Å². The summed E-state index contributed by atoms with van der Waals surface area (Å²) in [7, 11) is 0. The van der Waals surface area contributed by atoms with Crippen LogP contribution in [0.4, 0.5) is 4.39 Å². The first kappa shape index (κ1) is 19.6. The van der Waals surface area contributed by atoms with Gasteiger partial charge in [-0.25, -0.2) is 4.39 Å². The molecule has 0 amide bonds. The summed E-state index contributed by atoms with van der Waals surface area (Å²) < 4.78 is 15.0. The maximum absolute atomic E-state index is 14.5. The number of allylic oxidation sites excluding steroid dienone is 1. The summed E-state index contributed by atoms with van der Waals surface area (Å²) in [6, 6.07) is 5.81. The van der Waals surface area contributed by atoms with Crippen molar-refractivity contribution in [1.29, 1.82) is 0 Å². The van der Waals surface area contributed by atoms with Gasteiger partial charge in [-0.15, -0.1) is 19.0 Å². The number of nitrogens with zero attached hydrogens (tertiary/aromatic N) is 1. The Bertz CT molecular complexity index is 464. The summed E-state index contributed by atoms with van der Waals surface area (Å²) in [5.41, 5.74) is 0.824. The number of piperazine rings is 1. The van der Waals surface area contributed by atoms with Crippen molar-refractivity contribution in [2.45, 2.75) is 31.7 Å². The highest BCUT2D eigenvalue weighted by Gasteiger charge is 2.24. The molecule has 0 bridgehead atoms. The summed E-state index contributed by atoms with van der Waals surface area (Å²) in [6.07, 6.45) is 6.23. The normalized spacial score (nSPS) is 16.8. The molecule has 22 heavy (non-hydrogen) atoms. The van der Waals surface area contributed by atoms with Crippen LogP contribution in [0.3, 0.4) is 0 Å². The number of nitrogens with one attached hydrogen (secondary N) is 1. The van der Waals surface area contributed by atoms with Gasteiger partial charge in [-0.2, -0.15) is 0 Å². The molecule has 0 radical (unpaired) electrons. The number of rotatable bonds is 7. The summed E-state index contributed by atoms with van der Waals surface area (Å²) in [5.74, 6) is -0.107. The van der Waals surface area contributed by atoms with E-state index in [9.17, 15) is 4.39 Å². The van der Waals surface area contributed by atoms with Crippen molar-refractivity contribution < 1.29 is 4.39 Å². The SMILES string of the molecule is C=CCCCC[C@H](c1cccc(Br)c1F)N1CCNCC1.Cl. The summed E-state index contributed by atoms with van der Waals surface area (Å²) in [6.45, 7) is 7.70. The van der Waals surface area contributed by atoms with Crippen molar-refractivity contribution in [3.8, 4) is 0 Å². The van der Waals surface area contributed by atoms with Gasteiger partial charge in [0.25, 0.3) is 0 Å². The zero-order valence-corrected chi connectivity index (χ0v) is 15.3. The van der Waals surface area contributed by atoms with E-state index in [0.717, 1.165) is 57.4 Å². The Labute approximate surface area is 147 Å². The van der Waals surface area contributed by atoms with E-state index in [2.05, 4.69) is 32.7 Å². The molecule has 2 rings (SSSR count). The highest BCUT2D eigenvalue weighted by Crippen LogP contribution is 2.31. The molecule has 1 N–H and O–H groups in total. The van der Waals surface area contributed by atoms with Crippen molar-refractivity contribution in [3.05, 3.63) is 46.7 Å². The molecule has 1 aromatic carbocycles. The molecule has 1 saturated heterocycles. The first-order valence-corrected chi connectivity index (χ1v) is 8.53. The van der Waals surface area contributed by atoms with Crippen LogP contribution in [-0.2, 0) is 0 Å². The Hall–Kier alpha value is -0.420. The third kappa shape index (κ3) is 5.34. The largest absolute Gasteiger partial charge is 0.314 e. The molecule has 0 spiro atoms. The van der Waals surface area contributed by atoms with Crippen LogP contribution in [0.15, 0.2) is 35.3 Å². The number of hydrogen-bond donors (Lipinski definition) is 1. The zero-order chi connectivity index (χ0) is 15.1.